The third-order valence-electron chi connectivity index (χ3n) is 2.06. The van der Waals surface area contributed by atoms with Gasteiger partial charge in [-0.05, 0) is 45.9 Å². The lowest BCUT2D eigenvalue weighted by Crippen LogP contribution is -2.20. The molecule has 0 unspecified atom stereocenters. The van der Waals surface area contributed by atoms with Crippen LogP contribution in [0.5, 0.6) is 0 Å². The molecule has 0 N–H and O–H groups in total. The molecule has 0 aliphatic carbocycles. The van der Waals surface area contributed by atoms with Crippen molar-refractivity contribution in [2.24, 2.45) is 4.40 Å². The van der Waals surface area contributed by atoms with Crippen LogP contribution in [0.15, 0.2) is 27.1 Å². The van der Waals surface area contributed by atoms with E-state index in [-0.39, 0.29) is 5.82 Å². The number of halogens is 2. The van der Waals surface area contributed by atoms with Crippen LogP contribution in [0.25, 0.3) is 0 Å². The summed E-state index contributed by atoms with van der Waals surface area (Å²) < 4.78 is 29.4. The predicted molar refractivity (Wildman–Crippen MR) is 74.2 cm³/mol. The van der Waals surface area contributed by atoms with E-state index in [1.54, 1.807) is 13.0 Å². The van der Waals surface area contributed by atoms with Gasteiger partial charge in [0.15, 0.2) is 0 Å². The number of hydrogen-bond donors (Lipinski definition) is 0. The van der Waals surface area contributed by atoms with E-state index in [0.717, 1.165) is 4.47 Å². The summed E-state index contributed by atoms with van der Waals surface area (Å²) in [6.07, 6.45) is 0. The lowest BCUT2D eigenvalue weighted by atomic mass is 10.1. The van der Waals surface area contributed by atoms with Gasteiger partial charge in [0.05, 0.1) is 10.5 Å². The highest BCUT2D eigenvalue weighted by Crippen LogP contribution is 2.20. The van der Waals surface area contributed by atoms with Gasteiger partial charge in [0.1, 0.15) is 16.8 Å². The first-order chi connectivity index (χ1) is 7.71. The SMILES string of the molecule is C/C(=N/[S@](=O)C(C)(C)C)c1cc(F)ccc1Br. The Labute approximate surface area is 112 Å². The van der Waals surface area contributed by atoms with Crippen LogP contribution in [-0.4, -0.2) is 14.7 Å². The van der Waals surface area contributed by atoms with E-state index in [1.807, 2.05) is 20.8 Å². The molecule has 0 bridgehead atoms. The fourth-order valence-corrected chi connectivity index (χ4v) is 2.24. The first-order valence-electron chi connectivity index (χ1n) is 5.14. The van der Waals surface area contributed by atoms with E-state index in [9.17, 15) is 8.60 Å². The minimum absolute atomic E-state index is 0.334. The minimum Gasteiger partial charge on any atom is -0.234 e. The van der Waals surface area contributed by atoms with Crippen molar-refractivity contribution in [3.05, 3.63) is 34.1 Å². The van der Waals surface area contributed by atoms with Gasteiger partial charge in [0, 0.05) is 10.0 Å². The van der Waals surface area contributed by atoms with E-state index < -0.39 is 15.7 Å². The molecule has 0 aliphatic heterocycles. The van der Waals surface area contributed by atoms with Crippen LogP contribution in [0.1, 0.15) is 33.3 Å². The fourth-order valence-electron chi connectivity index (χ4n) is 1.09. The molecular weight excluding hydrogens is 305 g/mol. The zero-order valence-electron chi connectivity index (χ0n) is 10.3. The smallest absolute Gasteiger partial charge is 0.145 e. The van der Waals surface area contributed by atoms with E-state index in [2.05, 4.69) is 20.3 Å². The molecule has 1 rings (SSSR count). The Kier molecular flexibility index (Phi) is 4.61. The van der Waals surface area contributed by atoms with E-state index in [0.29, 0.717) is 11.3 Å². The van der Waals surface area contributed by atoms with Crippen molar-refractivity contribution in [2.75, 3.05) is 0 Å². The van der Waals surface area contributed by atoms with Crippen molar-refractivity contribution in [3.8, 4) is 0 Å². The maximum atomic E-state index is 13.1. The van der Waals surface area contributed by atoms with Crippen molar-refractivity contribution >= 4 is 32.6 Å². The summed E-state index contributed by atoms with van der Waals surface area (Å²) in [7, 11) is -1.34. The Balaban J connectivity index is 3.12. The molecule has 17 heavy (non-hydrogen) atoms. The van der Waals surface area contributed by atoms with Crippen molar-refractivity contribution in [2.45, 2.75) is 32.4 Å². The standard InChI is InChI=1S/C12H15BrFNOS/c1-8(15-17(16)12(2,3)4)10-7-9(14)5-6-11(10)13/h5-7H,1-4H3/b15-8-/t17-/m1/s1. The van der Waals surface area contributed by atoms with Crippen molar-refractivity contribution in [1.82, 2.24) is 0 Å². The Morgan fingerprint density at radius 3 is 2.53 bits per heavy atom. The second-order valence-electron chi connectivity index (χ2n) is 4.66. The van der Waals surface area contributed by atoms with Crippen LogP contribution in [0, 0.1) is 5.82 Å². The Morgan fingerprint density at radius 1 is 1.41 bits per heavy atom. The van der Waals surface area contributed by atoms with E-state index in [1.165, 1.54) is 12.1 Å². The highest BCUT2D eigenvalue weighted by molar-refractivity contribution is 9.10. The lowest BCUT2D eigenvalue weighted by molar-refractivity contribution is 0.627. The molecule has 0 amide bonds. The average molecular weight is 320 g/mol. The molecule has 2 nitrogen and oxygen atoms in total. The van der Waals surface area contributed by atoms with Crippen molar-refractivity contribution < 1.29 is 8.60 Å². The molecule has 0 saturated heterocycles. The number of nitrogens with zero attached hydrogens (tertiary/aromatic N) is 1. The van der Waals surface area contributed by atoms with Gasteiger partial charge in [0.2, 0.25) is 0 Å². The third-order valence-corrected chi connectivity index (χ3v) is 4.24. The van der Waals surface area contributed by atoms with Gasteiger partial charge in [-0.1, -0.05) is 15.9 Å². The second-order valence-corrected chi connectivity index (χ2v) is 7.42. The molecule has 0 heterocycles. The van der Waals surface area contributed by atoms with Gasteiger partial charge < -0.3 is 0 Å². The minimum atomic E-state index is -1.34. The second kappa shape index (κ2) is 5.40. The largest absolute Gasteiger partial charge is 0.234 e. The first kappa shape index (κ1) is 14.5. The van der Waals surface area contributed by atoms with E-state index >= 15 is 0 Å². The fraction of sp³-hybridized carbons (Fsp3) is 0.417. The molecule has 0 spiro atoms. The van der Waals surface area contributed by atoms with Crippen LogP contribution in [-0.2, 0) is 11.0 Å². The van der Waals surface area contributed by atoms with Gasteiger partial charge in [0.25, 0.3) is 0 Å². The molecule has 0 aromatic heterocycles. The predicted octanol–water partition coefficient (Wildman–Crippen LogP) is 3.86. The maximum Gasteiger partial charge on any atom is 0.145 e. The average Bonchev–Trinajstić information content (AvgIpc) is 2.20. The van der Waals surface area contributed by atoms with Crippen LogP contribution >= 0.6 is 15.9 Å². The Bertz CT molecular complexity index is 480. The molecule has 1 atom stereocenters. The molecule has 0 saturated carbocycles. The maximum absolute atomic E-state index is 13.1. The molecule has 5 heteroatoms. The first-order valence-corrected chi connectivity index (χ1v) is 7.04. The van der Waals surface area contributed by atoms with Crippen LogP contribution in [0.2, 0.25) is 0 Å². The molecule has 0 radical (unpaired) electrons. The topological polar surface area (TPSA) is 29.4 Å². The summed E-state index contributed by atoms with van der Waals surface area (Å²) >= 11 is 3.32. The van der Waals surface area contributed by atoms with Crippen molar-refractivity contribution in [1.29, 1.82) is 0 Å². The quantitative estimate of drug-likeness (QED) is 0.761. The monoisotopic (exact) mass is 319 g/mol. The third kappa shape index (κ3) is 4.00. The summed E-state index contributed by atoms with van der Waals surface area (Å²) in [5.41, 5.74) is 1.19. The van der Waals surface area contributed by atoms with Crippen LogP contribution in [0.3, 0.4) is 0 Å². The van der Waals surface area contributed by atoms with E-state index in [4.69, 9.17) is 0 Å². The molecule has 94 valence electrons. The normalized spacial score (nSPS) is 14.8. The van der Waals surface area contributed by atoms with Gasteiger partial charge in [-0.25, -0.2) is 8.60 Å². The summed E-state index contributed by atoms with van der Waals surface area (Å²) in [5, 5.41) is 0. The summed E-state index contributed by atoms with van der Waals surface area (Å²) in [4.78, 5) is 0. The Hall–Kier alpha value is -0.550. The summed E-state index contributed by atoms with van der Waals surface area (Å²) in [6, 6.07) is 4.36. The Morgan fingerprint density at radius 2 is 2.00 bits per heavy atom. The number of rotatable bonds is 2. The zero-order chi connectivity index (χ0) is 13.2. The molecular formula is C12H15BrFNOS. The van der Waals surface area contributed by atoms with Gasteiger partial charge in [-0.15, -0.1) is 0 Å². The summed E-state index contributed by atoms with van der Waals surface area (Å²) in [6.45, 7) is 7.27. The molecule has 1 aromatic rings. The van der Waals surface area contributed by atoms with Gasteiger partial charge in [-0.2, -0.15) is 4.40 Å². The zero-order valence-corrected chi connectivity index (χ0v) is 12.7. The van der Waals surface area contributed by atoms with Gasteiger partial charge >= 0.3 is 0 Å². The highest BCUT2D eigenvalue weighted by Gasteiger charge is 2.19. The number of hydrogen-bond acceptors (Lipinski definition) is 1. The highest BCUT2D eigenvalue weighted by atomic mass is 79.9. The molecule has 1 aromatic carbocycles. The molecule has 0 aliphatic rings. The number of benzene rings is 1. The lowest BCUT2D eigenvalue weighted by Gasteiger charge is -2.14. The van der Waals surface area contributed by atoms with Crippen LogP contribution in [0.4, 0.5) is 4.39 Å². The molecule has 0 fully saturated rings. The van der Waals surface area contributed by atoms with Gasteiger partial charge in [-0.3, -0.25) is 0 Å². The van der Waals surface area contributed by atoms with Crippen LogP contribution < -0.4 is 0 Å². The summed E-state index contributed by atoms with van der Waals surface area (Å²) in [5.74, 6) is -0.334. The van der Waals surface area contributed by atoms with Crippen molar-refractivity contribution in [3.63, 3.8) is 0 Å².